The van der Waals surface area contributed by atoms with Gasteiger partial charge in [0.2, 0.25) is 0 Å². The first-order chi connectivity index (χ1) is 10.4. The van der Waals surface area contributed by atoms with Gasteiger partial charge < -0.3 is 10.2 Å². The first kappa shape index (κ1) is 13.9. The molecule has 1 fully saturated rings. The van der Waals surface area contributed by atoms with Crippen LogP contribution < -0.4 is 5.32 Å². The summed E-state index contributed by atoms with van der Waals surface area (Å²) in [7, 11) is 0. The molecule has 3 rings (SSSR count). The van der Waals surface area contributed by atoms with Crippen molar-refractivity contribution in [3.63, 3.8) is 0 Å². The molecule has 2 aromatic rings. The summed E-state index contributed by atoms with van der Waals surface area (Å²) in [6.45, 7) is 4.69. The zero-order valence-electron chi connectivity index (χ0n) is 12.3. The van der Waals surface area contributed by atoms with E-state index in [1.807, 2.05) is 30.3 Å². The number of hydrogen-bond donors (Lipinski definition) is 1. The molecule has 0 spiro atoms. The van der Waals surface area contributed by atoms with Gasteiger partial charge in [-0.25, -0.2) is 0 Å². The van der Waals surface area contributed by atoms with Gasteiger partial charge in [-0.15, -0.1) is 0 Å². The van der Waals surface area contributed by atoms with E-state index in [0.29, 0.717) is 0 Å². The lowest BCUT2D eigenvalue weighted by atomic mass is 10.0. The number of nitrogens with one attached hydrogen (secondary N) is 1. The minimum atomic E-state index is 0.744. The second-order valence-electron chi connectivity index (χ2n) is 5.65. The highest BCUT2D eigenvalue weighted by Gasteiger charge is 2.10. The van der Waals surface area contributed by atoms with E-state index in [0.717, 1.165) is 35.0 Å². The summed E-state index contributed by atoms with van der Waals surface area (Å²) in [5, 5.41) is 14.9. The fraction of sp³-hybridized carbons (Fsp3) is 0.389. The lowest BCUT2D eigenvalue weighted by Crippen LogP contribution is -2.22. The molecule has 0 amide bonds. The minimum Gasteiger partial charge on any atom is -0.384 e. The molecule has 3 nitrogen and oxygen atoms in total. The molecule has 2 aromatic carbocycles. The van der Waals surface area contributed by atoms with Crippen molar-refractivity contribution in [3.05, 3.63) is 42.0 Å². The molecule has 0 atom stereocenters. The van der Waals surface area contributed by atoms with Crippen molar-refractivity contribution in [2.75, 3.05) is 31.5 Å². The SMILES string of the molecule is N#Cc1ccc(NCCCN2CCCC2)c2ccccc12. The van der Waals surface area contributed by atoms with E-state index in [4.69, 9.17) is 0 Å². The third-order valence-electron chi connectivity index (χ3n) is 4.21. The lowest BCUT2D eigenvalue weighted by Gasteiger charge is -2.15. The highest BCUT2D eigenvalue weighted by molar-refractivity contribution is 5.97. The fourth-order valence-electron chi connectivity index (χ4n) is 3.08. The quantitative estimate of drug-likeness (QED) is 0.850. The largest absolute Gasteiger partial charge is 0.384 e. The Balaban J connectivity index is 1.65. The van der Waals surface area contributed by atoms with Gasteiger partial charge in [0.15, 0.2) is 0 Å². The van der Waals surface area contributed by atoms with Crippen LogP contribution in [0.5, 0.6) is 0 Å². The van der Waals surface area contributed by atoms with Crippen LogP contribution in [0.25, 0.3) is 10.8 Å². The molecule has 0 bridgehead atoms. The summed E-state index contributed by atoms with van der Waals surface area (Å²) in [4.78, 5) is 2.54. The summed E-state index contributed by atoms with van der Waals surface area (Å²) < 4.78 is 0. The van der Waals surface area contributed by atoms with E-state index >= 15 is 0 Å². The standard InChI is InChI=1S/C18H21N3/c19-14-15-8-9-18(17-7-2-1-6-16(15)17)20-10-5-13-21-11-3-4-12-21/h1-2,6-9,20H,3-5,10-13H2. The molecule has 0 radical (unpaired) electrons. The van der Waals surface area contributed by atoms with Crippen LogP contribution in [0.1, 0.15) is 24.8 Å². The van der Waals surface area contributed by atoms with Crippen LogP contribution in [-0.4, -0.2) is 31.1 Å². The molecule has 1 aliphatic heterocycles. The Hall–Kier alpha value is -2.05. The molecule has 1 aliphatic rings. The second kappa shape index (κ2) is 6.60. The second-order valence-corrected chi connectivity index (χ2v) is 5.65. The predicted molar refractivity (Wildman–Crippen MR) is 87.4 cm³/mol. The molecular weight excluding hydrogens is 258 g/mol. The van der Waals surface area contributed by atoms with Crippen LogP contribution in [0.4, 0.5) is 5.69 Å². The number of rotatable bonds is 5. The Morgan fingerprint density at radius 1 is 1.05 bits per heavy atom. The number of hydrogen-bond acceptors (Lipinski definition) is 3. The number of anilines is 1. The average molecular weight is 279 g/mol. The van der Waals surface area contributed by atoms with Gasteiger partial charge in [0.1, 0.15) is 0 Å². The van der Waals surface area contributed by atoms with Gasteiger partial charge in [-0.1, -0.05) is 24.3 Å². The van der Waals surface area contributed by atoms with E-state index in [-0.39, 0.29) is 0 Å². The van der Waals surface area contributed by atoms with Crippen molar-refractivity contribution < 1.29 is 0 Å². The van der Waals surface area contributed by atoms with E-state index < -0.39 is 0 Å². The summed E-state index contributed by atoms with van der Waals surface area (Å²) in [5.41, 5.74) is 1.87. The Bertz CT molecular complexity index is 651. The van der Waals surface area contributed by atoms with Gasteiger partial charge in [-0.3, -0.25) is 0 Å². The van der Waals surface area contributed by atoms with Crippen LogP contribution in [0.15, 0.2) is 36.4 Å². The zero-order valence-corrected chi connectivity index (χ0v) is 12.3. The molecule has 21 heavy (non-hydrogen) atoms. The third-order valence-corrected chi connectivity index (χ3v) is 4.21. The maximum Gasteiger partial charge on any atom is 0.0998 e. The van der Waals surface area contributed by atoms with Gasteiger partial charge >= 0.3 is 0 Å². The van der Waals surface area contributed by atoms with Crippen LogP contribution in [0.2, 0.25) is 0 Å². The molecule has 0 aromatic heterocycles. The average Bonchev–Trinajstić information content (AvgIpc) is 3.05. The zero-order chi connectivity index (χ0) is 14.5. The minimum absolute atomic E-state index is 0.744. The van der Waals surface area contributed by atoms with E-state index in [1.165, 1.54) is 32.5 Å². The smallest absolute Gasteiger partial charge is 0.0998 e. The van der Waals surface area contributed by atoms with Crippen LogP contribution >= 0.6 is 0 Å². The van der Waals surface area contributed by atoms with Crippen LogP contribution in [-0.2, 0) is 0 Å². The number of fused-ring (bicyclic) bond motifs is 1. The third kappa shape index (κ3) is 3.17. The molecule has 1 saturated heterocycles. The Morgan fingerprint density at radius 2 is 1.81 bits per heavy atom. The number of benzene rings is 2. The highest BCUT2D eigenvalue weighted by Crippen LogP contribution is 2.26. The molecule has 1 N–H and O–H groups in total. The van der Waals surface area contributed by atoms with Crippen molar-refractivity contribution in [1.82, 2.24) is 4.90 Å². The molecule has 0 unspecified atom stereocenters. The van der Waals surface area contributed by atoms with E-state index in [2.05, 4.69) is 22.4 Å². The fourth-order valence-corrected chi connectivity index (χ4v) is 3.08. The van der Waals surface area contributed by atoms with Gasteiger partial charge in [-0.2, -0.15) is 5.26 Å². The van der Waals surface area contributed by atoms with Crippen molar-refractivity contribution in [2.45, 2.75) is 19.3 Å². The summed E-state index contributed by atoms with van der Waals surface area (Å²) in [6, 6.07) is 14.3. The molecule has 0 aliphatic carbocycles. The van der Waals surface area contributed by atoms with Crippen LogP contribution in [0.3, 0.4) is 0 Å². The molecule has 108 valence electrons. The monoisotopic (exact) mass is 279 g/mol. The normalized spacial score (nSPS) is 15.2. The first-order valence-electron chi connectivity index (χ1n) is 7.76. The van der Waals surface area contributed by atoms with E-state index in [1.54, 1.807) is 0 Å². The summed E-state index contributed by atoms with van der Waals surface area (Å²) in [5.74, 6) is 0. The van der Waals surface area contributed by atoms with Crippen molar-refractivity contribution in [2.24, 2.45) is 0 Å². The summed E-state index contributed by atoms with van der Waals surface area (Å²) >= 11 is 0. The van der Waals surface area contributed by atoms with Gasteiger partial charge in [0.25, 0.3) is 0 Å². The molecular formula is C18H21N3. The number of likely N-dealkylation sites (tertiary alicyclic amines) is 1. The van der Waals surface area contributed by atoms with E-state index in [9.17, 15) is 5.26 Å². The topological polar surface area (TPSA) is 39.1 Å². The number of nitriles is 1. The molecule has 1 heterocycles. The van der Waals surface area contributed by atoms with Crippen molar-refractivity contribution >= 4 is 16.5 Å². The predicted octanol–water partition coefficient (Wildman–Crippen LogP) is 3.61. The maximum atomic E-state index is 9.19. The Labute approximate surface area is 126 Å². The molecule has 0 saturated carbocycles. The molecule has 3 heteroatoms. The summed E-state index contributed by atoms with van der Waals surface area (Å²) in [6.07, 6.45) is 3.87. The highest BCUT2D eigenvalue weighted by atomic mass is 15.1. The van der Waals surface area contributed by atoms with Crippen molar-refractivity contribution in [3.8, 4) is 6.07 Å². The lowest BCUT2D eigenvalue weighted by molar-refractivity contribution is 0.337. The van der Waals surface area contributed by atoms with Gasteiger partial charge in [-0.05, 0) is 51.0 Å². The van der Waals surface area contributed by atoms with Crippen molar-refractivity contribution in [1.29, 1.82) is 5.26 Å². The van der Waals surface area contributed by atoms with Crippen LogP contribution in [0, 0.1) is 11.3 Å². The Kier molecular flexibility index (Phi) is 4.37. The van der Waals surface area contributed by atoms with Gasteiger partial charge in [0.05, 0.1) is 11.6 Å². The number of nitrogens with zero attached hydrogens (tertiary/aromatic N) is 2. The first-order valence-corrected chi connectivity index (χ1v) is 7.76. The van der Waals surface area contributed by atoms with Gasteiger partial charge in [0, 0.05) is 23.0 Å². The Morgan fingerprint density at radius 3 is 2.57 bits per heavy atom. The maximum absolute atomic E-state index is 9.19.